The van der Waals surface area contributed by atoms with Gasteiger partial charge in [-0.15, -0.1) is 5.10 Å². The van der Waals surface area contributed by atoms with Crippen LogP contribution in [0.25, 0.3) is 28.0 Å². The SMILES string of the molecule is Cc1cnccc1-c1c(-c2cccc(C#N)c2)nc(N)n2nc(Cc3ccccn3)nc12. The summed E-state index contributed by atoms with van der Waals surface area (Å²) < 4.78 is 1.56. The van der Waals surface area contributed by atoms with Crippen LogP contribution in [0.1, 0.15) is 22.6 Å². The highest BCUT2D eigenvalue weighted by Crippen LogP contribution is 2.36. The lowest BCUT2D eigenvalue weighted by Gasteiger charge is -2.13. The molecule has 0 radical (unpaired) electrons. The van der Waals surface area contributed by atoms with Crippen molar-refractivity contribution in [3.8, 4) is 28.5 Å². The number of hydrogen-bond donors (Lipinski definition) is 1. The molecule has 2 N–H and O–H groups in total. The van der Waals surface area contributed by atoms with Gasteiger partial charge >= 0.3 is 0 Å². The first-order valence-corrected chi connectivity index (χ1v) is 10.0. The molecule has 0 bridgehead atoms. The van der Waals surface area contributed by atoms with Gasteiger partial charge in [-0.25, -0.2) is 9.97 Å². The average Bonchev–Trinajstić information content (AvgIpc) is 3.24. The Morgan fingerprint density at radius 1 is 1.06 bits per heavy atom. The van der Waals surface area contributed by atoms with Gasteiger partial charge in [-0.1, -0.05) is 18.2 Å². The molecule has 0 atom stereocenters. The molecule has 0 unspecified atom stereocenters. The first kappa shape index (κ1) is 19.3. The second-order valence-corrected chi connectivity index (χ2v) is 7.34. The number of hydrogen-bond acceptors (Lipinski definition) is 7. The van der Waals surface area contributed by atoms with Crippen molar-refractivity contribution < 1.29 is 0 Å². The molecule has 4 heterocycles. The smallest absolute Gasteiger partial charge is 0.223 e. The van der Waals surface area contributed by atoms with E-state index in [0.29, 0.717) is 29.1 Å². The molecule has 0 aliphatic carbocycles. The summed E-state index contributed by atoms with van der Waals surface area (Å²) in [6, 6.07) is 17.1. The van der Waals surface area contributed by atoms with Gasteiger partial charge in [0, 0.05) is 29.8 Å². The topological polar surface area (TPSA) is 119 Å². The Bertz CT molecular complexity index is 1480. The quantitative estimate of drug-likeness (QED) is 0.473. The van der Waals surface area contributed by atoms with E-state index in [4.69, 9.17) is 10.7 Å². The van der Waals surface area contributed by atoms with Gasteiger partial charge in [0.2, 0.25) is 5.95 Å². The van der Waals surface area contributed by atoms with Crippen LogP contribution in [0.2, 0.25) is 0 Å². The van der Waals surface area contributed by atoms with Crippen LogP contribution in [0.3, 0.4) is 0 Å². The summed E-state index contributed by atoms with van der Waals surface area (Å²) >= 11 is 0. The third-order valence-electron chi connectivity index (χ3n) is 5.17. The van der Waals surface area contributed by atoms with E-state index in [-0.39, 0.29) is 5.95 Å². The third-order valence-corrected chi connectivity index (χ3v) is 5.17. The number of benzene rings is 1. The van der Waals surface area contributed by atoms with Gasteiger partial charge in [0.1, 0.15) is 0 Å². The lowest BCUT2D eigenvalue weighted by atomic mass is 9.97. The number of rotatable bonds is 4. The minimum atomic E-state index is 0.215. The van der Waals surface area contributed by atoms with Gasteiger partial charge in [-0.2, -0.15) is 9.78 Å². The molecule has 0 fully saturated rings. The minimum absolute atomic E-state index is 0.215. The highest BCUT2D eigenvalue weighted by molar-refractivity contribution is 5.91. The van der Waals surface area contributed by atoms with Crippen LogP contribution in [0.5, 0.6) is 0 Å². The van der Waals surface area contributed by atoms with Crippen LogP contribution in [0.4, 0.5) is 5.95 Å². The molecule has 8 heteroatoms. The molecule has 0 spiro atoms. The van der Waals surface area contributed by atoms with E-state index in [0.717, 1.165) is 27.9 Å². The van der Waals surface area contributed by atoms with Crippen molar-refractivity contribution in [1.82, 2.24) is 29.5 Å². The van der Waals surface area contributed by atoms with E-state index in [1.54, 1.807) is 35.2 Å². The van der Waals surface area contributed by atoms with Crippen LogP contribution in [0, 0.1) is 18.3 Å². The zero-order valence-corrected chi connectivity index (χ0v) is 17.3. The fraction of sp³-hybridized carbons (Fsp3) is 0.0833. The van der Waals surface area contributed by atoms with Crippen LogP contribution in [-0.2, 0) is 6.42 Å². The fourth-order valence-electron chi connectivity index (χ4n) is 3.69. The van der Waals surface area contributed by atoms with E-state index in [1.807, 2.05) is 43.3 Å². The fourth-order valence-corrected chi connectivity index (χ4v) is 3.69. The first-order valence-electron chi connectivity index (χ1n) is 10.0. The van der Waals surface area contributed by atoms with Gasteiger partial charge in [-0.3, -0.25) is 9.97 Å². The predicted octanol–water partition coefficient (Wildman–Crippen LogP) is 3.60. The van der Waals surface area contributed by atoms with Crippen molar-refractivity contribution in [2.24, 2.45) is 0 Å². The number of anilines is 1. The van der Waals surface area contributed by atoms with E-state index < -0.39 is 0 Å². The second kappa shape index (κ2) is 7.89. The number of fused-ring (bicyclic) bond motifs is 1. The van der Waals surface area contributed by atoms with E-state index in [1.165, 1.54) is 0 Å². The zero-order chi connectivity index (χ0) is 22.1. The molecule has 8 nitrogen and oxygen atoms in total. The highest BCUT2D eigenvalue weighted by Gasteiger charge is 2.21. The largest absolute Gasteiger partial charge is 0.368 e. The standard InChI is InChI=1S/C24H18N8/c1-15-14-27-10-8-19(15)21-22(17-6-4-5-16(11-17)13-25)30-24(26)32-23(21)29-20(31-32)12-18-7-2-3-9-28-18/h2-11,14H,12H2,1H3,(H2,26,30). The Kier molecular flexibility index (Phi) is 4.76. The molecule has 5 aromatic rings. The Balaban J connectivity index is 1.79. The monoisotopic (exact) mass is 418 g/mol. The summed E-state index contributed by atoms with van der Waals surface area (Å²) in [7, 11) is 0. The number of nitrogens with two attached hydrogens (primary N) is 1. The van der Waals surface area contributed by atoms with Gasteiger partial charge < -0.3 is 5.73 Å². The lowest BCUT2D eigenvalue weighted by Crippen LogP contribution is -2.06. The molecule has 0 saturated carbocycles. The zero-order valence-electron chi connectivity index (χ0n) is 17.3. The third kappa shape index (κ3) is 3.42. The molecule has 154 valence electrons. The summed E-state index contributed by atoms with van der Waals surface area (Å²) in [4.78, 5) is 18.1. The molecule has 32 heavy (non-hydrogen) atoms. The molecular formula is C24H18N8. The number of nitrogen functional groups attached to an aromatic ring is 1. The van der Waals surface area contributed by atoms with Crippen molar-refractivity contribution in [3.05, 3.63) is 89.8 Å². The summed E-state index contributed by atoms with van der Waals surface area (Å²) in [6.07, 6.45) is 5.74. The average molecular weight is 418 g/mol. The van der Waals surface area contributed by atoms with Gasteiger partial charge in [-0.05, 0) is 48.4 Å². The van der Waals surface area contributed by atoms with Crippen molar-refractivity contribution in [1.29, 1.82) is 5.26 Å². The molecule has 1 aromatic carbocycles. The number of nitriles is 1. The van der Waals surface area contributed by atoms with E-state index in [2.05, 4.69) is 26.1 Å². The van der Waals surface area contributed by atoms with Crippen molar-refractivity contribution in [3.63, 3.8) is 0 Å². The predicted molar refractivity (Wildman–Crippen MR) is 120 cm³/mol. The first-order chi connectivity index (χ1) is 15.6. The number of pyridine rings is 2. The second-order valence-electron chi connectivity index (χ2n) is 7.34. The molecule has 0 amide bonds. The summed E-state index contributed by atoms with van der Waals surface area (Å²) in [6.45, 7) is 1.98. The number of nitrogens with zero attached hydrogens (tertiary/aromatic N) is 7. The lowest BCUT2D eigenvalue weighted by molar-refractivity contribution is 0.880. The Morgan fingerprint density at radius 3 is 2.75 bits per heavy atom. The maximum Gasteiger partial charge on any atom is 0.223 e. The molecule has 4 aromatic heterocycles. The molecule has 0 saturated heterocycles. The van der Waals surface area contributed by atoms with Crippen molar-refractivity contribution in [2.45, 2.75) is 13.3 Å². The van der Waals surface area contributed by atoms with Gasteiger partial charge in [0.05, 0.1) is 29.3 Å². The number of aryl methyl sites for hydroxylation is 1. The summed E-state index contributed by atoms with van der Waals surface area (Å²) in [5.41, 5.74) is 12.4. The maximum atomic E-state index is 9.37. The van der Waals surface area contributed by atoms with Crippen LogP contribution < -0.4 is 5.73 Å². The Morgan fingerprint density at radius 2 is 1.97 bits per heavy atom. The van der Waals surface area contributed by atoms with Crippen molar-refractivity contribution in [2.75, 3.05) is 5.73 Å². The molecular weight excluding hydrogens is 400 g/mol. The number of aromatic nitrogens is 6. The van der Waals surface area contributed by atoms with Crippen LogP contribution in [-0.4, -0.2) is 29.5 Å². The molecule has 5 rings (SSSR count). The van der Waals surface area contributed by atoms with E-state index >= 15 is 0 Å². The highest BCUT2D eigenvalue weighted by atomic mass is 15.3. The van der Waals surface area contributed by atoms with Crippen LogP contribution >= 0.6 is 0 Å². The minimum Gasteiger partial charge on any atom is -0.368 e. The molecule has 0 aliphatic heterocycles. The Hall–Kier alpha value is -4.64. The Labute approximate surface area is 184 Å². The maximum absolute atomic E-state index is 9.37. The summed E-state index contributed by atoms with van der Waals surface area (Å²) in [5, 5.41) is 14.0. The summed E-state index contributed by atoms with van der Waals surface area (Å²) in [5.74, 6) is 0.806. The molecule has 0 aliphatic rings. The van der Waals surface area contributed by atoms with Crippen molar-refractivity contribution >= 4 is 11.6 Å². The normalized spacial score (nSPS) is 10.9. The van der Waals surface area contributed by atoms with Gasteiger partial charge in [0.25, 0.3) is 0 Å². The van der Waals surface area contributed by atoms with Crippen LogP contribution in [0.15, 0.2) is 67.1 Å². The van der Waals surface area contributed by atoms with E-state index in [9.17, 15) is 5.26 Å². The van der Waals surface area contributed by atoms with Gasteiger partial charge in [0.15, 0.2) is 11.5 Å².